The van der Waals surface area contributed by atoms with E-state index >= 15 is 0 Å². The molecule has 0 radical (unpaired) electrons. The highest BCUT2D eigenvalue weighted by Crippen LogP contribution is 2.37. The van der Waals surface area contributed by atoms with Gasteiger partial charge < -0.3 is 22.9 Å². The zero-order valence-electron chi connectivity index (χ0n) is 26.7. The fourth-order valence-corrected chi connectivity index (χ4v) is 7.39. The molecule has 290 valence electrons. The van der Waals surface area contributed by atoms with E-state index in [1.165, 1.54) is 41.7 Å². The highest BCUT2D eigenvalue weighted by Gasteiger charge is 2.19. The van der Waals surface area contributed by atoms with Gasteiger partial charge in [-0.3, -0.25) is 9.11 Å². The largest absolute Gasteiger partial charge is 0.382 e. The number of rotatable bonds is 19. The average molecular weight is 867 g/mol. The third-order valence-electron chi connectivity index (χ3n) is 6.10. The van der Waals surface area contributed by atoms with Gasteiger partial charge in [0.15, 0.2) is 45.0 Å². The molecule has 0 saturated carbocycles. The third-order valence-corrected chi connectivity index (χ3v) is 10.9. The van der Waals surface area contributed by atoms with Crippen LogP contribution in [0.4, 0.5) is 46.0 Å². The van der Waals surface area contributed by atoms with E-state index < -0.39 is 30.0 Å². The number of nitrogens with zero attached hydrogens (tertiary/aromatic N) is 8. The summed E-state index contributed by atoms with van der Waals surface area (Å²) in [7, 11) is -9.29. The normalized spacial score (nSPS) is 12.3. The second kappa shape index (κ2) is 19.5. The first-order valence-corrected chi connectivity index (χ1v) is 20.4. The molecule has 54 heavy (non-hydrogen) atoms. The molecule has 0 atom stereocenters. The van der Waals surface area contributed by atoms with E-state index in [2.05, 4.69) is 59.1 Å². The van der Waals surface area contributed by atoms with Crippen LogP contribution in [0.1, 0.15) is 12.8 Å². The van der Waals surface area contributed by atoms with Crippen molar-refractivity contribution in [2.45, 2.75) is 42.7 Å². The summed E-state index contributed by atoms with van der Waals surface area (Å²) in [6, 6.07) is 6.73. The SMILES string of the molecule is Nc1nc(SCCCCSc2nc(N)c(N=Nc3cc(SOOO)ccc3S(=O)(=O)O)c(N)n2)nc(N)c1N=Nc1cc(S(=O)(=O)O)ccc1SOOO. The topological polar surface area (TPSA) is 391 Å². The first kappa shape index (κ1) is 42.7. The summed E-state index contributed by atoms with van der Waals surface area (Å²) in [4.78, 5) is 16.0. The molecule has 2 heterocycles. The molecular weight excluding hydrogens is 841 g/mol. The maximum atomic E-state index is 11.8. The van der Waals surface area contributed by atoms with Crippen LogP contribution in [0.2, 0.25) is 0 Å². The Balaban J connectivity index is 1.33. The lowest BCUT2D eigenvalue weighted by atomic mass is 10.3. The van der Waals surface area contributed by atoms with Crippen LogP contribution in [-0.2, 0) is 39.0 Å². The summed E-state index contributed by atoms with van der Waals surface area (Å²) in [5.74, 6) is 0.581. The molecule has 0 aliphatic heterocycles. The Hall–Kier alpha value is -4.02. The molecular formula is C24H26N12O12S6. The number of nitrogens with two attached hydrogens (primary N) is 4. The standard InChI is InChI=1S/C24H26N12O12S6/c25-19-17(35-33-13-10-12(53(39,40)41)4-5-15(13)52-48-46-38)20(26)30-23(29-19)49-7-1-2-8-50-24-31-21(27)18(22(28)32-24)36-34-14-9-11(51-47-45-37)3-6-16(14)54(42,43)44/h3-6,9-10,37-38H,1-2,7-8H2,(H,39,40,41)(H,42,43,44)(H4,25,26,29,30)(H4,27,28,31,32). The van der Waals surface area contributed by atoms with Crippen LogP contribution in [0.3, 0.4) is 0 Å². The van der Waals surface area contributed by atoms with Crippen LogP contribution in [-0.4, -0.2) is 67.9 Å². The number of nitrogen functional groups attached to an aromatic ring is 4. The lowest BCUT2D eigenvalue weighted by molar-refractivity contribution is -0.432. The quantitative estimate of drug-likeness (QED) is 0.00849. The summed E-state index contributed by atoms with van der Waals surface area (Å²) in [6.45, 7) is 0. The Morgan fingerprint density at radius 3 is 1.61 bits per heavy atom. The second-order valence-corrected chi connectivity index (χ2v) is 16.2. The molecule has 0 aliphatic rings. The number of benzene rings is 2. The van der Waals surface area contributed by atoms with Gasteiger partial charge in [0.1, 0.15) is 16.3 Å². The minimum Gasteiger partial charge on any atom is -0.382 e. The first-order chi connectivity index (χ1) is 25.6. The Morgan fingerprint density at radius 2 is 1.13 bits per heavy atom. The molecule has 0 saturated heterocycles. The van der Waals surface area contributed by atoms with Gasteiger partial charge in [0.2, 0.25) is 0 Å². The molecule has 0 amide bonds. The van der Waals surface area contributed by atoms with E-state index in [4.69, 9.17) is 33.4 Å². The predicted octanol–water partition coefficient (Wildman–Crippen LogP) is 5.44. The average Bonchev–Trinajstić information content (AvgIpc) is 3.10. The van der Waals surface area contributed by atoms with Gasteiger partial charge in [0, 0.05) is 16.4 Å². The maximum Gasteiger partial charge on any atom is 0.296 e. The van der Waals surface area contributed by atoms with Crippen molar-refractivity contribution in [3.05, 3.63) is 36.4 Å². The Kier molecular flexibility index (Phi) is 15.5. The van der Waals surface area contributed by atoms with Gasteiger partial charge in [-0.25, -0.2) is 30.5 Å². The van der Waals surface area contributed by atoms with Crippen LogP contribution in [0.5, 0.6) is 0 Å². The minimum absolute atomic E-state index is 0.106. The molecule has 30 heteroatoms. The summed E-state index contributed by atoms with van der Waals surface area (Å²) in [5, 5.41) is 39.9. The highest BCUT2D eigenvalue weighted by molar-refractivity contribution is 7.99. The molecule has 4 rings (SSSR count). The number of anilines is 4. The van der Waals surface area contributed by atoms with Crippen molar-refractivity contribution in [3.63, 3.8) is 0 Å². The van der Waals surface area contributed by atoms with E-state index in [-0.39, 0.29) is 66.1 Å². The van der Waals surface area contributed by atoms with E-state index in [0.29, 0.717) is 48.4 Å². The third kappa shape index (κ3) is 12.2. The van der Waals surface area contributed by atoms with Gasteiger partial charge in [0.05, 0.1) is 33.9 Å². The number of unbranched alkanes of at least 4 members (excludes halogenated alkanes) is 1. The van der Waals surface area contributed by atoms with E-state index in [1.54, 1.807) is 0 Å². The monoisotopic (exact) mass is 866 g/mol. The van der Waals surface area contributed by atoms with Gasteiger partial charge in [-0.05, 0) is 49.2 Å². The molecule has 2 aromatic heterocycles. The number of azo groups is 2. The molecule has 2 aromatic carbocycles. The molecule has 24 nitrogen and oxygen atoms in total. The van der Waals surface area contributed by atoms with Crippen molar-refractivity contribution in [2.24, 2.45) is 20.5 Å². The number of hydrogen-bond donors (Lipinski definition) is 8. The highest BCUT2D eigenvalue weighted by atomic mass is 32.2. The zero-order valence-corrected chi connectivity index (χ0v) is 31.6. The Bertz CT molecular complexity index is 2210. The molecule has 0 bridgehead atoms. The van der Waals surface area contributed by atoms with Crippen molar-refractivity contribution in [2.75, 3.05) is 34.4 Å². The van der Waals surface area contributed by atoms with E-state index in [9.17, 15) is 25.9 Å². The van der Waals surface area contributed by atoms with E-state index in [0.717, 1.165) is 18.2 Å². The molecule has 0 spiro atoms. The minimum atomic E-state index is -4.70. The van der Waals surface area contributed by atoms with Gasteiger partial charge in [-0.1, -0.05) is 33.6 Å². The Morgan fingerprint density at radius 1 is 0.630 bits per heavy atom. The summed E-state index contributed by atoms with van der Waals surface area (Å²) in [6.07, 6.45) is 1.37. The van der Waals surface area contributed by atoms with Crippen molar-refractivity contribution in [1.82, 2.24) is 19.9 Å². The maximum absolute atomic E-state index is 11.8. The summed E-state index contributed by atoms with van der Waals surface area (Å²) >= 11 is 3.51. The number of hydrogen-bond acceptors (Lipinski definition) is 26. The summed E-state index contributed by atoms with van der Waals surface area (Å²) in [5.41, 5.74) is 23.4. The molecule has 12 N–H and O–H groups in total. The van der Waals surface area contributed by atoms with Crippen LogP contribution in [0.25, 0.3) is 0 Å². The number of thioether (sulfide) groups is 2. The van der Waals surface area contributed by atoms with Gasteiger partial charge in [-0.2, -0.15) is 16.8 Å². The van der Waals surface area contributed by atoms with Gasteiger partial charge >= 0.3 is 0 Å². The molecule has 0 fully saturated rings. The van der Waals surface area contributed by atoms with Crippen LogP contribution in [0, 0.1) is 0 Å². The van der Waals surface area contributed by atoms with Crippen LogP contribution >= 0.6 is 47.6 Å². The lowest BCUT2D eigenvalue weighted by Crippen LogP contribution is -2.02. The summed E-state index contributed by atoms with van der Waals surface area (Å²) < 4.78 is 74.3. The van der Waals surface area contributed by atoms with Crippen molar-refractivity contribution < 1.29 is 55.2 Å². The Labute approximate surface area is 321 Å². The van der Waals surface area contributed by atoms with Crippen LogP contribution in [0.15, 0.2) is 86.8 Å². The first-order valence-electron chi connectivity index (χ1n) is 14.1. The van der Waals surface area contributed by atoms with Crippen LogP contribution < -0.4 is 22.9 Å². The van der Waals surface area contributed by atoms with Crippen molar-refractivity contribution in [1.29, 1.82) is 0 Å². The smallest absolute Gasteiger partial charge is 0.296 e. The van der Waals surface area contributed by atoms with Gasteiger partial charge in [0.25, 0.3) is 20.2 Å². The fraction of sp³-hybridized carbons (Fsp3) is 0.167. The van der Waals surface area contributed by atoms with E-state index in [1.807, 2.05) is 0 Å². The number of aromatic nitrogens is 4. The van der Waals surface area contributed by atoms with Crippen molar-refractivity contribution in [3.8, 4) is 0 Å². The zero-order chi connectivity index (χ0) is 39.5. The lowest BCUT2D eigenvalue weighted by Gasteiger charge is -2.08. The predicted molar refractivity (Wildman–Crippen MR) is 195 cm³/mol. The fourth-order valence-electron chi connectivity index (χ4n) is 3.77. The van der Waals surface area contributed by atoms with Gasteiger partial charge in [-0.15, -0.1) is 29.1 Å². The second-order valence-electron chi connectivity index (χ2n) is 9.72. The van der Waals surface area contributed by atoms with Crippen molar-refractivity contribution >= 4 is 114 Å². The molecule has 4 aromatic rings. The molecule has 0 unspecified atom stereocenters. The molecule has 0 aliphatic carbocycles.